The SMILES string of the molecule is Cc1ccccc1-c1cnc(NC(=O)CC(O)C(C)C)s1. The highest BCUT2D eigenvalue weighted by atomic mass is 32.1. The molecule has 1 heterocycles. The van der Waals surface area contributed by atoms with Crippen LogP contribution in [0.25, 0.3) is 10.4 Å². The fourth-order valence-corrected chi connectivity index (χ4v) is 2.82. The Labute approximate surface area is 128 Å². The van der Waals surface area contributed by atoms with Crippen LogP contribution >= 0.6 is 11.3 Å². The zero-order valence-corrected chi connectivity index (χ0v) is 13.3. The van der Waals surface area contributed by atoms with Gasteiger partial charge in [0.1, 0.15) is 0 Å². The molecule has 1 aromatic carbocycles. The zero-order chi connectivity index (χ0) is 15.4. The number of carbonyl (C=O) groups is 1. The Morgan fingerprint density at radius 1 is 1.38 bits per heavy atom. The number of nitrogens with one attached hydrogen (secondary N) is 1. The van der Waals surface area contributed by atoms with Crippen LogP contribution in [0.5, 0.6) is 0 Å². The van der Waals surface area contributed by atoms with Crippen LogP contribution < -0.4 is 5.32 Å². The van der Waals surface area contributed by atoms with Crippen molar-refractivity contribution in [2.75, 3.05) is 5.32 Å². The second-order valence-corrected chi connectivity index (χ2v) is 6.44. The molecule has 2 rings (SSSR count). The third-order valence-electron chi connectivity index (χ3n) is 3.33. The summed E-state index contributed by atoms with van der Waals surface area (Å²) in [6.45, 7) is 5.82. The van der Waals surface area contributed by atoms with Crippen LogP contribution in [0.1, 0.15) is 25.8 Å². The normalized spacial score (nSPS) is 12.4. The lowest BCUT2D eigenvalue weighted by molar-refractivity contribution is -0.118. The lowest BCUT2D eigenvalue weighted by atomic mass is 10.0. The molecule has 0 bridgehead atoms. The van der Waals surface area contributed by atoms with E-state index in [1.54, 1.807) is 6.20 Å². The molecule has 1 aromatic heterocycles. The van der Waals surface area contributed by atoms with Crippen molar-refractivity contribution in [2.45, 2.75) is 33.3 Å². The van der Waals surface area contributed by atoms with E-state index < -0.39 is 6.10 Å². The molecule has 0 saturated heterocycles. The first kappa shape index (κ1) is 15.7. The molecule has 0 saturated carbocycles. The summed E-state index contributed by atoms with van der Waals surface area (Å²) >= 11 is 1.44. The van der Waals surface area contributed by atoms with Crippen molar-refractivity contribution in [3.63, 3.8) is 0 Å². The summed E-state index contributed by atoms with van der Waals surface area (Å²) in [4.78, 5) is 17.1. The summed E-state index contributed by atoms with van der Waals surface area (Å²) in [6, 6.07) is 8.07. The molecule has 21 heavy (non-hydrogen) atoms. The molecule has 0 aliphatic heterocycles. The number of thiazole rings is 1. The molecule has 2 N–H and O–H groups in total. The van der Waals surface area contributed by atoms with E-state index in [0.29, 0.717) is 5.13 Å². The minimum Gasteiger partial charge on any atom is -0.392 e. The first-order valence-electron chi connectivity index (χ1n) is 6.97. The maximum Gasteiger partial charge on any atom is 0.228 e. The van der Waals surface area contributed by atoms with Crippen molar-refractivity contribution in [1.29, 1.82) is 0 Å². The topological polar surface area (TPSA) is 62.2 Å². The van der Waals surface area contributed by atoms with Crippen molar-refractivity contribution in [3.05, 3.63) is 36.0 Å². The predicted molar refractivity (Wildman–Crippen MR) is 86.4 cm³/mol. The molecule has 4 nitrogen and oxygen atoms in total. The molecular formula is C16H20N2O2S. The summed E-state index contributed by atoms with van der Waals surface area (Å²) in [5, 5.41) is 13.0. The molecule has 1 amide bonds. The highest BCUT2D eigenvalue weighted by molar-refractivity contribution is 7.19. The largest absolute Gasteiger partial charge is 0.392 e. The van der Waals surface area contributed by atoms with Crippen LogP contribution in [0.15, 0.2) is 30.5 Å². The van der Waals surface area contributed by atoms with Gasteiger partial charge in [0.2, 0.25) is 5.91 Å². The van der Waals surface area contributed by atoms with Crippen molar-refractivity contribution in [1.82, 2.24) is 4.98 Å². The number of rotatable bonds is 5. The van der Waals surface area contributed by atoms with E-state index in [1.807, 2.05) is 45.0 Å². The number of hydrogen-bond donors (Lipinski definition) is 2. The van der Waals surface area contributed by atoms with Crippen molar-refractivity contribution in [2.24, 2.45) is 5.92 Å². The Morgan fingerprint density at radius 3 is 2.76 bits per heavy atom. The molecule has 0 aliphatic rings. The number of hydrogen-bond acceptors (Lipinski definition) is 4. The van der Waals surface area contributed by atoms with E-state index >= 15 is 0 Å². The molecule has 5 heteroatoms. The molecule has 2 aromatic rings. The van der Waals surface area contributed by atoms with Gasteiger partial charge < -0.3 is 10.4 Å². The molecule has 1 unspecified atom stereocenters. The molecule has 0 spiro atoms. The molecular weight excluding hydrogens is 284 g/mol. The summed E-state index contributed by atoms with van der Waals surface area (Å²) in [6.07, 6.45) is 1.24. The average molecular weight is 304 g/mol. The van der Waals surface area contributed by atoms with E-state index in [1.165, 1.54) is 16.9 Å². The Balaban J connectivity index is 2.04. The highest BCUT2D eigenvalue weighted by Gasteiger charge is 2.15. The van der Waals surface area contributed by atoms with Gasteiger partial charge in [0.15, 0.2) is 5.13 Å². The van der Waals surface area contributed by atoms with Crippen LogP contribution in [-0.2, 0) is 4.79 Å². The monoisotopic (exact) mass is 304 g/mol. The predicted octanol–water partition coefficient (Wildman–Crippen LogP) is 3.46. The van der Waals surface area contributed by atoms with Gasteiger partial charge in [0, 0.05) is 6.20 Å². The average Bonchev–Trinajstić information content (AvgIpc) is 2.87. The first-order chi connectivity index (χ1) is 9.97. The van der Waals surface area contributed by atoms with Gasteiger partial charge in [-0.05, 0) is 24.0 Å². The van der Waals surface area contributed by atoms with E-state index in [2.05, 4.69) is 10.3 Å². The van der Waals surface area contributed by atoms with E-state index in [4.69, 9.17) is 0 Å². The number of benzene rings is 1. The van der Waals surface area contributed by atoms with Gasteiger partial charge in [-0.2, -0.15) is 0 Å². The second-order valence-electron chi connectivity index (χ2n) is 5.41. The van der Waals surface area contributed by atoms with Crippen LogP contribution in [0.3, 0.4) is 0 Å². The Bertz CT molecular complexity index is 622. The van der Waals surface area contributed by atoms with Crippen molar-refractivity contribution >= 4 is 22.4 Å². The fraction of sp³-hybridized carbons (Fsp3) is 0.375. The minimum atomic E-state index is -0.624. The number of aromatic nitrogens is 1. The summed E-state index contributed by atoms with van der Waals surface area (Å²) in [5.41, 5.74) is 2.30. The zero-order valence-electron chi connectivity index (χ0n) is 12.5. The first-order valence-corrected chi connectivity index (χ1v) is 7.78. The molecule has 0 fully saturated rings. The maximum absolute atomic E-state index is 11.8. The van der Waals surface area contributed by atoms with Gasteiger partial charge >= 0.3 is 0 Å². The Kier molecular flexibility index (Phi) is 5.09. The minimum absolute atomic E-state index is 0.0644. The number of aliphatic hydroxyl groups excluding tert-OH is 1. The standard InChI is InChI=1S/C16H20N2O2S/c1-10(2)13(19)8-15(20)18-16-17-9-14(21-16)12-7-5-4-6-11(12)3/h4-7,9-10,13,19H,8H2,1-3H3,(H,17,18,20). The lowest BCUT2D eigenvalue weighted by Gasteiger charge is -2.12. The number of nitrogens with zero attached hydrogens (tertiary/aromatic N) is 1. The Morgan fingerprint density at radius 2 is 2.10 bits per heavy atom. The fourth-order valence-electron chi connectivity index (χ4n) is 1.90. The smallest absolute Gasteiger partial charge is 0.228 e. The van der Waals surface area contributed by atoms with Gasteiger partial charge in [-0.25, -0.2) is 4.98 Å². The van der Waals surface area contributed by atoms with Crippen LogP contribution in [0, 0.1) is 12.8 Å². The summed E-state index contributed by atoms with van der Waals surface area (Å²) in [5.74, 6) is -0.142. The number of amides is 1. The maximum atomic E-state index is 11.8. The molecule has 112 valence electrons. The molecule has 0 aliphatic carbocycles. The number of anilines is 1. The third kappa shape index (κ3) is 4.12. The van der Waals surface area contributed by atoms with E-state index in [0.717, 1.165) is 10.4 Å². The third-order valence-corrected chi connectivity index (χ3v) is 4.27. The van der Waals surface area contributed by atoms with E-state index in [9.17, 15) is 9.90 Å². The van der Waals surface area contributed by atoms with Gasteiger partial charge in [-0.3, -0.25) is 4.79 Å². The molecule has 1 atom stereocenters. The quantitative estimate of drug-likeness (QED) is 0.889. The van der Waals surface area contributed by atoms with Crippen LogP contribution in [-0.4, -0.2) is 22.1 Å². The number of aliphatic hydroxyl groups is 1. The van der Waals surface area contributed by atoms with Crippen molar-refractivity contribution < 1.29 is 9.90 Å². The van der Waals surface area contributed by atoms with Crippen molar-refractivity contribution in [3.8, 4) is 10.4 Å². The van der Waals surface area contributed by atoms with E-state index in [-0.39, 0.29) is 18.2 Å². The second kappa shape index (κ2) is 6.83. The van der Waals surface area contributed by atoms with Gasteiger partial charge in [-0.15, -0.1) is 0 Å². The van der Waals surface area contributed by atoms with Gasteiger partial charge in [0.05, 0.1) is 17.4 Å². The number of aryl methyl sites for hydroxylation is 1. The molecule has 0 radical (unpaired) electrons. The Hall–Kier alpha value is -1.72. The van der Waals surface area contributed by atoms with Crippen LogP contribution in [0.4, 0.5) is 5.13 Å². The highest BCUT2D eigenvalue weighted by Crippen LogP contribution is 2.31. The van der Waals surface area contributed by atoms with Gasteiger partial charge in [0.25, 0.3) is 0 Å². The lowest BCUT2D eigenvalue weighted by Crippen LogP contribution is -2.23. The number of carbonyl (C=O) groups excluding carboxylic acids is 1. The summed E-state index contributed by atoms with van der Waals surface area (Å²) < 4.78 is 0. The summed E-state index contributed by atoms with van der Waals surface area (Å²) in [7, 11) is 0. The van der Waals surface area contributed by atoms with Gasteiger partial charge in [-0.1, -0.05) is 49.4 Å². The van der Waals surface area contributed by atoms with Crippen LogP contribution in [0.2, 0.25) is 0 Å².